The molecule has 2 rings (SSSR count). The van der Waals surface area contributed by atoms with Crippen molar-refractivity contribution in [3.63, 3.8) is 0 Å². The van der Waals surface area contributed by atoms with Crippen molar-refractivity contribution in [3.05, 3.63) is 19.4 Å². The smallest absolute Gasteiger partial charge is 0.218 e. The summed E-state index contributed by atoms with van der Waals surface area (Å²) < 4.78 is 1.35. The van der Waals surface area contributed by atoms with Crippen LogP contribution in [0.15, 0.2) is 6.07 Å². The fourth-order valence-electron chi connectivity index (χ4n) is 2.10. The van der Waals surface area contributed by atoms with Crippen LogP contribution in [0.25, 0.3) is 0 Å². The highest BCUT2D eigenvalue weighted by Gasteiger charge is 2.21. The predicted molar refractivity (Wildman–Crippen MR) is 74.5 cm³/mol. The maximum atomic E-state index is 10.7. The minimum absolute atomic E-state index is 0.233. The zero-order valence-corrected chi connectivity index (χ0v) is 11.9. The molecule has 88 valence electrons. The lowest BCUT2D eigenvalue weighted by atomic mass is 9.94. The number of hydrogen-bond donors (Lipinski definition) is 2. The normalized spacial score (nSPS) is 19.4. The number of primary amides is 1. The van der Waals surface area contributed by atoms with E-state index in [1.165, 1.54) is 32.6 Å². The molecule has 0 bridgehead atoms. The molecular formula is C11H15IN2OS. The molecule has 0 saturated carbocycles. The van der Waals surface area contributed by atoms with Crippen molar-refractivity contribution in [2.24, 2.45) is 5.73 Å². The Hall–Kier alpha value is -0.140. The summed E-state index contributed by atoms with van der Waals surface area (Å²) in [6.45, 7) is 0.686. The first-order valence-corrected chi connectivity index (χ1v) is 7.36. The molecule has 0 fully saturated rings. The Labute approximate surface area is 113 Å². The molecule has 1 amide bonds. The van der Waals surface area contributed by atoms with E-state index in [1.54, 1.807) is 0 Å². The van der Waals surface area contributed by atoms with E-state index in [0.717, 1.165) is 0 Å². The summed E-state index contributed by atoms with van der Waals surface area (Å²) in [7, 11) is 0. The number of nitrogens with one attached hydrogen (secondary N) is 1. The first-order chi connectivity index (χ1) is 7.66. The number of amides is 1. The Morgan fingerprint density at radius 2 is 2.50 bits per heavy atom. The molecule has 3 N–H and O–H groups in total. The molecule has 0 aromatic carbocycles. The third-order valence-corrected chi connectivity index (χ3v) is 4.82. The third-order valence-electron chi connectivity index (χ3n) is 2.85. The Morgan fingerprint density at radius 1 is 1.69 bits per heavy atom. The molecule has 3 nitrogen and oxygen atoms in total. The van der Waals surface area contributed by atoms with Crippen LogP contribution in [-0.4, -0.2) is 12.5 Å². The molecule has 1 aliphatic carbocycles. The summed E-state index contributed by atoms with van der Waals surface area (Å²) >= 11 is 4.26. The van der Waals surface area contributed by atoms with Gasteiger partial charge in [0.2, 0.25) is 5.91 Å². The zero-order valence-electron chi connectivity index (χ0n) is 8.96. The van der Waals surface area contributed by atoms with Crippen LogP contribution in [0, 0.1) is 2.88 Å². The van der Waals surface area contributed by atoms with E-state index in [4.69, 9.17) is 5.73 Å². The molecule has 16 heavy (non-hydrogen) atoms. The van der Waals surface area contributed by atoms with Crippen molar-refractivity contribution in [2.75, 3.05) is 6.54 Å². The molecule has 1 aromatic heterocycles. The topological polar surface area (TPSA) is 55.1 Å². The van der Waals surface area contributed by atoms with Crippen molar-refractivity contribution in [1.29, 1.82) is 0 Å². The van der Waals surface area contributed by atoms with E-state index in [-0.39, 0.29) is 5.91 Å². The van der Waals surface area contributed by atoms with Crippen molar-refractivity contribution >= 4 is 39.8 Å². The molecule has 1 atom stereocenters. The Balaban J connectivity index is 1.98. The van der Waals surface area contributed by atoms with Crippen LogP contribution >= 0.6 is 33.9 Å². The molecule has 0 saturated heterocycles. The highest BCUT2D eigenvalue weighted by molar-refractivity contribution is 14.1. The summed E-state index contributed by atoms with van der Waals surface area (Å²) in [5.74, 6) is -0.233. The van der Waals surface area contributed by atoms with Gasteiger partial charge in [-0.05, 0) is 53.5 Å². The van der Waals surface area contributed by atoms with E-state index >= 15 is 0 Å². The van der Waals surface area contributed by atoms with Crippen molar-refractivity contribution in [2.45, 2.75) is 31.7 Å². The lowest BCUT2D eigenvalue weighted by Gasteiger charge is -2.23. The molecule has 0 aliphatic heterocycles. The Kier molecular flexibility index (Phi) is 4.21. The molecule has 0 spiro atoms. The lowest BCUT2D eigenvalue weighted by molar-refractivity contribution is -0.117. The van der Waals surface area contributed by atoms with Gasteiger partial charge in [-0.15, -0.1) is 11.3 Å². The molecule has 1 unspecified atom stereocenters. The molecule has 1 heterocycles. The van der Waals surface area contributed by atoms with Gasteiger partial charge in [-0.2, -0.15) is 0 Å². The van der Waals surface area contributed by atoms with Gasteiger partial charge in [0.05, 0.1) is 2.88 Å². The fourth-order valence-corrected chi connectivity index (χ4v) is 4.22. The van der Waals surface area contributed by atoms with E-state index in [2.05, 4.69) is 34.0 Å². The van der Waals surface area contributed by atoms with Crippen LogP contribution in [-0.2, 0) is 11.2 Å². The third kappa shape index (κ3) is 2.95. The number of hydrogen-bond acceptors (Lipinski definition) is 3. The standard InChI is InChI=1S/C11H15IN2OS/c12-10-6-7-8(14-5-4-11(13)15)2-1-3-9(7)16-10/h6,8,14H,1-5H2,(H2,13,15). The highest BCUT2D eigenvalue weighted by atomic mass is 127. The minimum Gasteiger partial charge on any atom is -0.370 e. The number of carbonyl (C=O) groups excluding carboxylic acids is 1. The van der Waals surface area contributed by atoms with Gasteiger partial charge in [-0.3, -0.25) is 4.79 Å². The summed E-state index contributed by atoms with van der Waals surface area (Å²) in [6.07, 6.45) is 4.03. The van der Waals surface area contributed by atoms with Crippen molar-refractivity contribution in [3.8, 4) is 0 Å². The number of thiophene rings is 1. The summed E-state index contributed by atoms with van der Waals surface area (Å²) in [4.78, 5) is 12.2. The van der Waals surface area contributed by atoms with Gasteiger partial charge < -0.3 is 11.1 Å². The number of halogens is 1. The van der Waals surface area contributed by atoms with E-state index in [1.807, 2.05) is 11.3 Å². The average molecular weight is 350 g/mol. The summed E-state index contributed by atoms with van der Waals surface area (Å²) in [6, 6.07) is 2.68. The van der Waals surface area contributed by atoms with Crippen LogP contribution in [0.5, 0.6) is 0 Å². The van der Waals surface area contributed by atoms with Gasteiger partial charge in [0, 0.05) is 23.9 Å². The van der Waals surface area contributed by atoms with Crippen LogP contribution in [0.4, 0.5) is 0 Å². The van der Waals surface area contributed by atoms with Gasteiger partial charge in [-0.25, -0.2) is 0 Å². The lowest BCUT2D eigenvalue weighted by Crippen LogP contribution is -2.28. The molecule has 5 heteroatoms. The number of rotatable bonds is 4. The Bertz CT molecular complexity index is 391. The monoisotopic (exact) mass is 350 g/mol. The van der Waals surface area contributed by atoms with Gasteiger partial charge in [0.15, 0.2) is 0 Å². The molecule has 1 aliphatic rings. The predicted octanol–water partition coefficient (Wildman–Crippen LogP) is 2.20. The summed E-state index contributed by atoms with van der Waals surface area (Å²) in [5, 5.41) is 3.42. The van der Waals surface area contributed by atoms with E-state index in [0.29, 0.717) is 19.0 Å². The largest absolute Gasteiger partial charge is 0.370 e. The Morgan fingerprint density at radius 3 is 3.25 bits per heavy atom. The highest BCUT2D eigenvalue weighted by Crippen LogP contribution is 2.36. The van der Waals surface area contributed by atoms with Gasteiger partial charge >= 0.3 is 0 Å². The number of carbonyl (C=O) groups is 1. The quantitative estimate of drug-likeness (QED) is 0.818. The molecule has 1 aromatic rings. The summed E-state index contributed by atoms with van der Waals surface area (Å²) in [5.41, 5.74) is 6.56. The molecule has 0 radical (unpaired) electrons. The van der Waals surface area contributed by atoms with Gasteiger partial charge in [0.1, 0.15) is 0 Å². The molecular weight excluding hydrogens is 335 g/mol. The number of fused-ring (bicyclic) bond motifs is 1. The second-order valence-corrected chi connectivity index (χ2v) is 7.08. The van der Waals surface area contributed by atoms with Crippen molar-refractivity contribution < 1.29 is 4.79 Å². The maximum absolute atomic E-state index is 10.7. The minimum atomic E-state index is -0.233. The van der Waals surface area contributed by atoms with Gasteiger partial charge in [0.25, 0.3) is 0 Å². The number of aryl methyl sites for hydroxylation is 1. The van der Waals surface area contributed by atoms with Gasteiger partial charge in [-0.1, -0.05) is 0 Å². The zero-order chi connectivity index (χ0) is 11.5. The SMILES string of the molecule is NC(=O)CCNC1CCCc2sc(I)cc21. The van der Waals surface area contributed by atoms with Crippen LogP contribution in [0.2, 0.25) is 0 Å². The second kappa shape index (κ2) is 5.46. The van der Waals surface area contributed by atoms with Crippen LogP contribution < -0.4 is 11.1 Å². The number of nitrogens with two attached hydrogens (primary N) is 1. The van der Waals surface area contributed by atoms with Crippen LogP contribution in [0.1, 0.15) is 35.7 Å². The fraction of sp³-hybridized carbons (Fsp3) is 0.545. The average Bonchev–Trinajstić information content (AvgIpc) is 2.58. The van der Waals surface area contributed by atoms with E-state index < -0.39 is 0 Å². The van der Waals surface area contributed by atoms with Crippen LogP contribution in [0.3, 0.4) is 0 Å². The maximum Gasteiger partial charge on any atom is 0.218 e. The van der Waals surface area contributed by atoms with Crippen molar-refractivity contribution in [1.82, 2.24) is 5.32 Å². The second-order valence-electron chi connectivity index (χ2n) is 4.04. The first kappa shape index (κ1) is 12.3. The van der Waals surface area contributed by atoms with E-state index in [9.17, 15) is 4.79 Å². The first-order valence-electron chi connectivity index (χ1n) is 5.46.